The monoisotopic (exact) mass is 293 g/mol. The third kappa shape index (κ3) is 5.33. The van der Waals surface area contributed by atoms with Crippen molar-refractivity contribution < 1.29 is 18.8 Å². The summed E-state index contributed by atoms with van der Waals surface area (Å²) in [6.45, 7) is 0. The molecule has 2 rings (SSSR count). The number of carbonyl (C=O) groups excluding carboxylic acids is 2. The molecule has 5 heteroatoms. The van der Waals surface area contributed by atoms with Crippen LogP contribution in [0.4, 0.5) is 0 Å². The molecule has 0 bridgehead atoms. The number of hydrogen-bond donors (Lipinski definition) is 0. The highest BCUT2D eigenvalue weighted by molar-refractivity contribution is 5.90. The molecular formula is C16H23NO4. The lowest BCUT2D eigenvalue weighted by Gasteiger charge is -2.17. The maximum absolute atomic E-state index is 12.2. The zero-order valence-corrected chi connectivity index (χ0v) is 12.4. The van der Waals surface area contributed by atoms with E-state index in [0.29, 0.717) is 12.8 Å². The fourth-order valence-corrected chi connectivity index (χ4v) is 2.64. The van der Waals surface area contributed by atoms with Crippen molar-refractivity contribution in [2.45, 2.75) is 70.3 Å². The number of esters is 1. The summed E-state index contributed by atoms with van der Waals surface area (Å²) in [5.74, 6) is -0.518. The van der Waals surface area contributed by atoms with Gasteiger partial charge in [0.25, 0.3) is 0 Å². The highest BCUT2D eigenvalue weighted by atomic mass is 16.6. The molecule has 0 radical (unpaired) electrons. The van der Waals surface area contributed by atoms with Crippen LogP contribution in [0.3, 0.4) is 0 Å². The molecule has 1 aromatic heterocycles. The van der Waals surface area contributed by atoms with Gasteiger partial charge < -0.3 is 9.26 Å². The highest BCUT2D eigenvalue weighted by Gasteiger charge is 2.24. The minimum atomic E-state index is -0.637. The largest absolute Gasteiger partial charge is 0.448 e. The molecule has 1 saturated carbocycles. The average molecular weight is 293 g/mol. The molecule has 1 atom stereocenters. The van der Waals surface area contributed by atoms with Crippen molar-refractivity contribution in [3.8, 4) is 0 Å². The van der Waals surface area contributed by atoms with Crippen molar-refractivity contribution in [2.75, 3.05) is 0 Å². The van der Waals surface area contributed by atoms with Crippen molar-refractivity contribution in [3.05, 3.63) is 18.0 Å². The second-order valence-electron chi connectivity index (χ2n) is 5.60. The number of rotatable bonds is 2. The number of aromatic nitrogens is 1. The molecule has 5 nitrogen and oxygen atoms in total. The van der Waals surface area contributed by atoms with Crippen LogP contribution >= 0.6 is 0 Å². The number of ketones is 1. The van der Waals surface area contributed by atoms with Crippen molar-refractivity contribution in [2.24, 2.45) is 0 Å². The Hall–Kier alpha value is -1.65. The van der Waals surface area contributed by atoms with Crippen molar-refractivity contribution in [3.63, 3.8) is 0 Å². The molecule has 0 N–H and O–H groups in total. The second kappa shape index (κ2) is 8.60. The van der Waals surface area contributed by atoms with Gasteiger partial charge in [0.15, 0.2) is 11.9 Å². The van der Waals surface area contributed by atoms with E-state index in [1.807, 2.05) is 0 Å². The van der Waals surface area contributed by atoms with Crippen LogP contribution in [0.25, 0.3) is 0 Å². The summed E-state index contributed by atoms with van der Waals surface area (Å²) >= 11 is 0. The molecular weight excluding hydrogens is 270 g/mol. The van der Waals surface area contributed by atoms with Gasteiger partial charge in [-0.3, -0.25) is 4.79 Å². The predicted molar refractivity (Wildman–Crippen MR) is 76.9 cm³/mol. The van der Waals surface area contributed by atoms with Gasteiger partial charge in [-0.05, 0) is 19.3 Å². The van der Waals surface area contributed by atoms with Gasteiger partial charge in [-0.15, -0.1) is 0 Å². The summed E-state index contributed by atoms with van der Waals surface area (Å²) in [7, 11) is 0. The fraction of sp³-hybridized carbons (Fsp3) is 0.688. The van der Waals surface area contributed by atoms with Gasteiger partial charge >= 0.3 is 5.97 Å². The number of ether oxygens (including phenoxy) is 1. The molecule has 1 aliphatic rings. The summed E-state index contributed by atoms with van der Waals surface area (Å²) < 4.78 is 10.1. The predicted octanol–water partition coefficient (Wildman–Crippen LogP) is 3.68. The Morgan fingerprint density at radius 3 is 2.43 bits per heavy atom. The first kappa shape index (κ1) is 15.7. The zero-order valence-electron chi connectivity index (χ0n) is 12.4. The van der Waals surface area contributed by atoms with Gasteiger partial charge in [-0.25, -0.2) is 4.79 Å². The SMILES string of the molecule is O=C(OC1CCCCCCCCCCC1=O)c1ccno1. The van der Waals surface area contributed by atoms with Crippen LogP contribution in [0.5, 0.6) is 0 Å². The van der Waals surface area contributed by atoms with Crippen LogP contribution in [0.2, 0.25) is 0 Å². The highest BCUT2D eigenvalue weighted by Crippen LogP contribution is 2.18. The lowest BCUT2D eigenvalue weighted by atomic mass is 9.98. The maximum atomic E-state index is 12.2. The Kier molecular flexibility index (Phi) is 6.44. The molecule has 21 heavy (non-hydrogen) atoms. The van der Waals surface area contributed by atoms with E-state index >= 15 is 0 Å². The van der Waals surface area contributed by atoms with Gasteiger partial charge in [-0.2, -0.15) is 0 Å². The van der Waals surface area contributed by atoms with Crippen LogP contribution in [-0.2, 0) is 9.53 Å². The van der Waals surface area contributed by atoms with Gasteiger partial charge in [0.05, 0.1) is 6.20 Å². The van der Waals surface area contributed by atoms with Gasteiger partial charge in [0.2, 0.25) is 5.76 Å². The lowest BCUT2D eigenvalue weighted by molar-refractivity contribution is -0.128. The molecule has 1 aliphatic carbocycles. The zero-order chi connectivity index (χ0) is 14.9. The Morgan fingerprint density at radius 1 is 1.10 bits per heavy atom. The van der Waals surface area contributed by atoms with Gasteiger partial charge in [-0.1, -0.05) is 43.7 Å². The number of carbonyl (C=O) groups is 2. The first-order valence-electron chi connectivity index (χ1n) is 7.92. The summed E-state index contributed by atoms with van der Waals surface area (Å²) in [6, 6.07) is 1.45. The number of hydrogen-bond acceptors (Lipinski definition) is 5. The van der Waals surface area contributed by atoms with Crippen LogP contribution in [0.15, 0.2) is 16.8 Å². The van der Waals surface area contributed by atoms with Crippen LogP contribution in [0, 0.1) is 0 Å². The van der Waals surface area contributed by atoms with Crippen molar-refractivity contribution in [1.82, 2.24) is 5.16 Å². The Balaban J connectivity index is 1.91. The minimum absolute atomic E-state index is 0.0310. The minimum Gasteiger partial charge on any atom is -0.448 e. The van der Waals surface area contributed by atoms with E-state index in [4.69, 9.17) is 9.26 Å². The standard InChI is InChI=1S/C16H23NO4/c18-13-9-7-5-3-1-2-4-6-8-10-14(13)20-16(19)15-11-12-17-21-15/h11-12,14H,1-10H2. The average Bonchev–Trinajstić information content (AvgIpc) is 3.00. The molecule has 1 unspecified atom stereocenters. The number of Topliss-reactive ketones (excluding diaryl/α,β-unsaturated/α-hetero) is 1. The molecule has 0 aliphatic heterocycles. The molecule has 0 saturated heterocycles. The van der Waals surface area contributed by atoms with Crippen LogP contribution < -0.4 is 0 Å². The smallest absolute Gasteiger partial charge is 0.377 e. The fourth-order valence-electron chi connectivity index (χ4n) is 2.64. The van der Waals surface area contributed by atoms with Crippen molar-refractivity contribution in [1.29, 1.82) is 0 Å². The molecule has 1 heterocycles. The molecule has 116 valence electrons. The summed E-state index contributed by atoms with van der Waals surface area (Å²) in [4.78, 5) is 24.1. The van der Waals surface area contributed by atoms with E-state index < -0.39 is 12.1 Å². The molecule has 0 aromatic carbocycles. The van der Waals surface area contributed by atoms with Crippen LogP contribution in [0.1, 0.15) is 74.8 Å². The Labute approximate surface area is 125 Å². The summed E-state index contributed by atoms with van der Waals surface area (Å²) in [6.07, 6.45) is 10.7. The lowest BCUT2D eigenvalue weighted by Crippen LogP contribution is -2.27. The Morgan fingerprint density at radius 2 is 1.76 bits per heavy atom. The van der Waals surface area contributed by atoms with E-state index in [-0.39, 0.29) is 11.5 Å². The van der Waals surface area contributed by atoms with E-state index in [2.05, 4.69) is 5.16 Å². The molecule has 1 aromatic rings. The Bertz CT molecular complexity index is 441. The molecule has 0 spiro atoms. The van der Waals surface area contributed by atoms with E-state index in [1.165, 1.54) is 37.9 Å². The first-order chi connectivity index (χ1) is 10.3. The topological polar surface area (TPSA) is 69.4 Å². The molecule has 1 fully saturated rings. The first-order valence-corrected chi connectivity index (χ1v) is 7.92. The summed E-state index contributed by atoms with van der Waals surface area (Å²) in [5.41, 5.74) is 0. The van der Waals surface area contributed by atoms with E-state index in [0.717, 1.165) is 25.7 Å². The normalized spacial score (nSPS) is 22.1. The van der Waals surface area contributed by atoms with E-state index in [1.54, 1.807) is 0 Å². The third-order valence-electron chi connectivity index (χ3n) is 3.89. The third-order valence-corrected chi connectivity index (χ3v) is 3.89. The molecule has 0 amide bonds. The van der Waals surface area contributed by atoms with Crippen LogP contribution in [-0.4, -0.2) is 23.0 Å². The van der Waals surface area contributed by atoms with E-state index in [9.17, 15) is 9.59 Å². The maximum Gasteiger partial charge on any atom is 0.377 e. The van der Waals surface area contributed by atoms with Gasteiger partial charge in [0.1, 0.15) is 0 Å². The van der Waals surface area contributed by atoms with Crippen molar-refractivity contribution >= 4 is 11.8 Å². The second-order valence-corrected chi connectivity index (χ2v) is 5.60. The van der Waals surface area contributed by atoms with Gasteiger partial charge in [0, 0.05) is 12.5 Å². The summed E-state index contributed by atoms with van der Waals surface area (Å²) in [5, 5.41) is 3.48. The quantitative estimate of drug-likeness (QED) is 0.778. The number of nitrogens with zero attached hydrogens (tertiary/aromatic N) is 1.